The van der Waals surface area contributed by atoms with E-state index in [0.29, 0.717) is 11.6 Å². The maximum atomic E-state index is 11.1. The van der Waals surface area contributed by atoms with Crippen molar-refractivity contribution >= 4 is 23.1 Å². The molecule has 0 saturated carbocycles. The lowest BCUT2D eigenvalue weighted by atomic mass is 9.96. The van der Waals surface area contributed by atoms with Crippen LogP contribution < -0.4 is 16.2 Å². The quantitative estimate of drug-likeness (QED) is 0.763. The molecule has 0 radical (unpaired) electrons. The Balaban J connectivity index is 1.70. The normalized spacial score (nSPS) is 16.6. The molecule has 1 heterocycles. The first-order chi connectivity index (χ1) is 10.1. The predicted octanol–water partition coefficient (Wildman–Crippen LogP) is 0.897. The maximum absolute atomic E-state index is 11.1. The van der Waals surface area contributed by atoms with Crippen molar-refractivity contribution in [2.24, 2.45) is 17.4 Å². The number of thiocarbonyl (C=S) groups is 1. The van der Waals surface area contributed by atoms with Gasteiger partial charge >= 0.3 is 0 Å². The van der Waals surface area contributed by atoms with Crippen molar-refractivity contribution in [3.05, 3.63) is 29.8 Å². The molecular formula is C15H21N3O2S. The highest BCUT2D eigenvalue weighted by Gasteiger charge is 2.22. The van der Waals surface area contributed by atoms with Crippen molar-refractivity contribution in [1.29, 1.82) is 0 Å². The largest absolute Gasteiger partial charge is 0.492 e. The van der Waals surface area contributed by atoms with Crippen molar-refractivity contribution < 1.29 is 9.53 Å². The molecule has 1 aliphatic heterocycles. The summed E-state index contributed by atoms with van der Waals surface area (Å²) in [4.78, 5) is 13.8. The van der Waals surface area contributed by atoms with E-state index < -0.39 is 0 Å². The van der Waals surface area contributed by atoms with Gasteiger partial charge in [0, 0.05) is 18.0 Å². The lowest BCUT2D eigenvalue weighted by Gasteiger charge is -2.30. The van der Waals surface area contributed by atoms with Gasteiger partial charge in [-0.3, -0.25) is 9.69 Å². The van der Waals surface area contributed by atoms with Crippen molar-refractivity contribution in [2.75, 3.05) is 26.2 Å². The predicted molar refractivity (Wildman–Crippen MR) is 86.2 cm³/mol. The number of hydrogen-bond acceptors (Lipinski definition) is 4. The highest BCUT2D eigenvalue weighted by atomic mass is 32.1. The molecule has 21 heavy (non-hydrogen) atoms. The number of rotatable bonds is 6. The summed E-state index contributed by atoms with van der Waals surface area (Å²) in [6.45, 7) is 3.27. The molecule has 0 spiro atoms. The van der Waals surface area contributed by atoms with E-state index in [1.165, 1.54) is 0 Å². The first-order valence-electron chi connectivity index (χ1n) is 7.10. The van der Waals surface area contributed by atoms with Crippen LogP contribution in [0.4, 0.5) is 0 Å². The number of carbonyl (C=O) groups is 1. The topological polar surface area (TPSA) is 81.6 Å². The van der Waals surface area contributed by atoms with E-state index in [4.69, 9.17) is 28.4 Å². The molecule has 0 unspecified atom stereocenters. The first-order valence-corrected chi connectivity index (χ1v) is 7.51. The van der Waals surface area contributed by atoms with Crippen LogP contribution >= 0.6 is 12.2 Å². The molecule has 0 aromatic heterocycles. The summed E-state index contributed by atoms with van der Waals surface area (Å²) in [5, 5.41) is 0. The van der Waals surface area contributed by atoms with E-state index in [9.17, 15) is 4.79 Å². The molecule has 114 valence electrons. The van der Waals surface area contributed by atoms with E-state index in [1.807, 2.05) is 24.3 Å². The molecule has 0 bridgehead atoms. The molecule has 5 nitrogen and oxygen atoms in total. The van der Waals surface area contributed by atoms with Gasteiger partial charge in [-0.05, 0) is 50.2 Å². The number of hydrogen-bond donors (Lipinski definition) is 2. The molecule has 0 aliphatic carbocycles. The number of amides is 1. The Kier molecular flexibility index (Phi) is 5.52. The van der Waals surface area contributed by atoms with Crippen molar-refractivity contribution in [1.82, 2.24) is 4.90 Å². The maximum Gasteiger partial charge on any atom is 0.220 e. The van der Waals surface area contributed by atoms with Crippen LogP contribution in [0.1, 0.15) is 18.4 Å². The fourth-order valence-corrected chi connectivity index (χ4v) is 2.59. The number of piperidine rings is 1. The lowest BCUT2D eigenvalue weighted by molar-refractivity contribution is -0.123. The number of likely N-dealkylation sites (tertiary alicyclic amines) is 1. The van der Waals surface area contributed by atoms with Crippen LogP contribution in [0.5, 0.6) is 5.75 Å². The number of carbonyl (C=O) groups excluding carboxylic acids is 1. The molecule has 0 atom stereocenters. The Morgan fingerprint density at radius 2 is 1.86 bits per heavy atom. The Morgan fingerprint density at radius 3 is 2.38 bits per heavy atom. The lowest BCUT2D eigenvalue weighted by Crippen LogP contribution is -2.40. The fourth-order valence-electron chi connectivity index (χ4n) is 2.45. The van der Waals surface area contributed by atoms with Gasteiger partial charge < -0.3 is 16.2 Å². The Labute approximate surface area is 130 Å². The van der Waals surface area contributed by atoms with Gasteiger partial charge in [-0.15, -0.1) is 0 Å². The van der Waals surface area contributed by atoms with Gasteiger partial charge in [0.1, 0.15) is 17.3 Å². The molecule has 1 saturated heterocycles. The number of nitrogens with zero attached hydrogens (tertiary/aromatic N) is 1. The minimum absolute atomic E-state index is 0.0369. The zero-order valence-corrected chi connectivity index (χ0v) is 12.8. The summed E-state index contributed by atoms with van der Waals surface area (Å²) in [7, 11) is 0. The van der Waals surface area contributed by atoms with Crippen molar-refractivity contribution in [3.8, 4) is 5.75 Å². The second-order valence-corrected chi connectivity index (χ2v) is 5.70. The number of nitrogens with two attached hydrogens (primary N) is 2. The molecule has 2 rings (SSSR count). The van der Waals surface area contributed by atoms with Crippen LogP contribution in [0.15, 0.2) is 24.3 Å². The zero-order chi connectivity index (χ0) is 15.2. The third-order valence-corrected chi connectivity index (χ3v) is 4.04. The van der Waals surface area contributed by atoms with E-state index in [0.717, 1.165) is 43.8 Å². The van der Waals surface area contributed by atoms with Crippen molar-refractivity contribution in [2.45, 2.75) is 12.8 Å². The molecule has 4 N–H and O–H groups in total. The zero-order valence-electron chi connectivity index (χ0n) is 12.0. The van der Waals surface area contributed by atoms with Crippen LogP contribution in [0.25, 0.3) is 0 Å². The van der Waals surface area contributed by atoms with Gasteiger partial charge in [-0.1, -0.05) is 12.2 Å². The average Bonchev–Trinajstić information content (AvgIpc) is 2.48. The minimum atomic E-state index is -0.177. The molecule has 1 amide bonds. The first kappa shape index (κ1) is 15.7. The van der Waals surface area contributed by atoms with Gasteiger partial charge in [-0.2, -0.15) is 0 Å². The summed E-state index contributed by atoms with van der Waals surface area (Å²) in [5.74, 6) is 0.667. The second kappa shape index (κ2) is 7.38. The SMILES string of the molecule is NC(=O)C1CCN(CCOc2ccc(C(N)=S)cc2)CC1. The molecule has 1 fully saturated rings. The monoisotopic (exact) mass is 307 g/mol. The highest BCUT2D eigenvalue weighted by molar-refractivity contribution is 7.80. The Hall–Kier alpha value is -1.66. The van der Waals surface area contributed by atoms with Gasteiger partial charge in [-0.25, -0.2) is 0 Å². The Morgan fingerprint density at radius 1 is 1.24 bits per heavy atom. The third kappa shape index (κ3) is 4.68. The van der Waals surface area contributed by atoms with Crippen LogP contribution in [0.2, 0.25) is 0 Å². The van der Waals surface area contributed by atoms with Crippen LogP contribution in [-0.4, -0.2) is 42.0 Å². The smallest absolute Gasteiger partial charge is 0.220 e. The summed E-state index contributed by atoms with van der Waals surface area (Å²) >= 11 is 4.90. The van der Waals surface area contributed by atoms with Gasteiger partial charge in [0.2, 0.25) is 5.91 Å². The average molecular weight is 307 g/mol. The fraction of sp³-hybridized carbons (Fsp3) is 0.467. The minimum Gasteiger partial charge on any atom is -0.492 e. The van der Waals surface area contributed by atoms with E-state index in [1.54, 1.807) is 0 Å². The summed E-state index contributed by atoms with van der Waals surface area (Å²) < 4.78 is 5.70. The van der Waals surface area contributed by atoms with Crippen LogP contribution in [-0.2, 0) is 4.79 Å². The number of benzene rings is 1. The van der Waals surface area contributed by atoms with E-state index in [2.05, 4.69) is 4.90 Å². The molecule has 6 heteroatoms. The summed E-state index contributed by atoms with van der Waals surface area (Å²) in [6, 6.07) is 7.45. The van der Waals surface area contributed by atoms with Crippen LogP contribution in [0, 0.1) is 5.92 Å². The highest BCUT2D eigenvalue weighted by Crippen LogP contribution is 2.17. The second-order valence-electron chi connectivity index (χ2n) is 5.26. The number of ether oxygens (including phenoxy) is 1. The Bertz CT molecular complexity index is 496. The van der Waals surface area contributed by atoms with Gasteiger partial charge in [0.05, 0.1) is 0 Å². The van der Waals surface area contributed by atoms with E-state index >= 15 is 0 Å². The molecule has 1 aliphatic rings. The third-order valence-electron chi connectivity index (χ3n) is 3.81. The van der Waals surface area contributed by atoms with Gasteiger partial charge in [0.25, 0.3) is 0 Å². The van der Waals surface area contributed by atoms with Crippen LogP contribution in [0.3, 0.4) is 0 Å². The molecule has 1 aromatic carbocycles. The molecular weight excluding hydrogens is 286 g/mol. The van der Waals surface area contributed by atoms with Gasteiger partial charge in [0.15, 0.2) is 0 Å². The summed E-state index contributed by atoms with van der Waals surface area (Å²) in [6.07, 6.45) is 1.69. The summed E-state index contributed by atoms with van der Waals surface area (Å²) in [5.41, 5.74) is 11.7. The van der Waals surface area contributed by atoms with Crippen molar-refractivity contribution in [3.63, 3.8) is 0 Å². The molecule has 1 aromatic rings. The number of primary amides is 1. The standard InChI is InChI=1S/C15H21N3O2S/c16-14(19)11-5-7-18(8-6-11)9-10-20-13-3-1-12(2-4-13)15(17)21/h1-4,11H,5-10H2,(H2,16,19)(H2,17,21). The van der Waals surface area contributed by atoms with E-state index in [-0.39, 0.29) is 11.8 Å².